The van der Waals surface area contributed by atoms with Crippen molar-refractivity contribution in [2.45, 2.75) is 13.8 Å². The molecule has 0 aliphatic carbocycles. The molecule has 0 bridgehead atoms. The van der Waals surface area contributed by atoms with Gasteiger partial charge in [-0.1, -0.05) is 37.0 Å². The standard InChI is InChI=1S/C22H27N5O3S2/c1-4-24-8-10-25(11-9-24)19-16(20(28)26-7-5-6-15(2)18(26)23-19)14-17-21(29)27(12-13-30-3)22(31)32-17/h5-7,14H,4,8-13H2,1-3H3/b17-14+. The molecule has 170 valence electrons. The molecule has 0 radical (unpaired) electrons. The fourth-order valence-corrected chi connectivity index (χ4v) is 5.24. The Morgan fingerprint density at radius 2 is 2.00 bits per heavy atom. The zero-order valence-corrected chi connectivity index (χ0v) is 20.2. The summed E-state index contributed by atoms with van der Waals surface area (Å²) < 4.78 is 7.12. The molecule has 0 N–H and O–H groups in total. The predicted molar refractivity (Wildman–Crippen MR) is 132 cm³/mol. The van der Waals surface area contributed by atoms with Gasteiger partial charge >= 0.3 is 0 Å². The maximum atomic E-state index is 13.5. The summed E-state index contributed by atoms with van der Waals surface area (Å²) in [5.41, 5.74) is 1.80. The topological polar surface area (TPSA) is 70.4 Å². The number of aromatic nitrogens is 2. The highest BCUT2D eigenvalue weighted by molar-refractivity contribution is 8.26. The van der Waals surface area contributed by atoms with E-state index in [0.29, 0.717) is 39.4 Å². The van der Waals surface area contributed by atoms with Gasteiger partial charge in [0.1, 0.15) is 15.8 Å². The normalized spacial score (nSPS) is 19.0. The van der Waals surface area contributed by atoms with E-state index in [1.165, 1.54) is 16.7 Å². The highest BCUT2D eigenvalue weighted by Crippen LogP contribution is 2.33. The van der Waals surface area contributed by atoms with Crippen molar-refractivity contribution in [1.29, 1.82) is 0 Å². The Labute approximate surface area is 196 Å². The Hall–Kier alpha value is -2.27. The maximum Gasteiger partial charge on any atom is 0.267 e. The summed E-state index contributed by atoms with van der Waals surface area (Å²) in [6.45, 7) is 9.24. The number of thiocarbonyl (C=S) groups is 1. The Balaban J connectivity index is 1.80. The zero-order valence-electron chi connectivity index (χ0n) is 18.5. The Bertz CT molecular complexity index is 1140. The number of piperazine rings is 1. The number of carbonyl (C=O) groups excluding carboxylic acids is 1. The molecule has 0 atom stereocenters. The lowest BCUT2D eigenvalue weighted by Crippen LogP contribution is -2.47. The molecule has 2 aromatic heterocycles. The SMILES string of the molecule is CCN1CCN(c2nc3c(C)cccn3c(=O)c2/C=C2/SC(=S)N(CCOC)C2=O)CC1. The average molecular weight is 474 g/mol. The number of nitrogens with zero attached hydrogens (tertiary/aromatic N) is 5. The van der Waals surface area contributed by atoms with Crippen molar-refractivity contribution in [3.05, 3.63) is 44.7 Å². The lowest BCUT2D eigenvalue weighted by Gasteiger charge is -2.35. The van der Waals surface area contributed by atoms with Crippen LogP contribution < -0.4 is 10.5 Å². The van der Waals surface area contributed by atoms with E-state index >= 15 is 0 Å². The van der Waals surface area contributed by atoms with Crippen LogP contribution in [0.3, 0.4) is 0 Å². The van der Waals surface area contributed by atoms with Gasteiger partial charge in [0, 0.05) is 39.5 Å². The summed E-state index contributed by atoms with van der Waals surface area (Å²) in [7, 11) is 1.59. The molecular formula is C22H27N5O3S2. The largest absolute Gasteiger partial charge is 0.383 e. The quantitative estimate of drug-likeness (QED) is 0.466. The number of anilines is 1. The van der Waals surface area contributed by atoms with Crippen LogP contribution in [0, 0.1) is 6.92 Å². The van der Waals surface area contributed by atoms with Gasteiger partial charge in [0.2, 0.25) is 0 Å². The zero-order chi connectivity index (χ0) is 22.8. The third-order valence-electron chi connectivity index (χ3n) is 5.85. The van der Waals surface area contributed by atoms with Crippen LogP contribution in [0.4, 0.5) is 5.82 Å². The molecule has 1 amide bonds. The molecule has 0 spiro atoms. The number of fused-ring (bicyclic) bond motifs is 1. The van der Waals surface area contributed by atoms with E-state index in [0.717, 1.165) is 38.3 Å². The van der Waals surface area contributed by atoms with Crippen molar-refractivity contribution in [3.8, 4) is 0 Å². The first-order valence-electron chi connectivity index (χ1n) is 10.7. The van der Waals surface area contributed by atoms with Gasteiger partial charge in [-0.05, 0) is 31.2 Å². The number of hydrogen-bond donors (Lipinski definition) is 0. The van der Waals surface area contributed by atoms with Gasteiger partial charge < -0.3 is 14.5 Å². The lowest BCUT2D eigenvalue weighted by molar-refractivity contribution is -0.122. The van der Waals surface area contributed by atoms with Crippen molar-refractivity contribution < 1.29 is 9.53 Å². The fraction of sp³-hybridized carbons (Fsp3) is 0.455. The van der Waals surface area contributed by atoms with Crippen molar-refractivity contribution >= 4 is 51.7 Å². The van der Waals surface area contributed by atoms with Gasteiger partial charge in [0.05, 0.1) is 23.6 Å². The molecule has 2 aliphatic rings. The van der Waals surface area contributed by atoms with Crippen LogP contribution in [0.1, 0.15) is 18.1 Å². The molecule has 0 unspecified atom stereocenters. The minimum Gasteiger partial charge on any atom is -0.383 e. The minimum absolute atomic E-state index is 0.186. The number of thioether (sulfide) groups is 1. The summed E-state index contributed by atoms with van der Waals surface area (Å²) in [5, 5.41) is 0. The molecule has 32 heavy (non-hydrogen) atoms. The number of pyridine rings is 1. The molecule has 2 fully saturated rings. The third-order valence-corrected chi connectivity index (χ3v) is 7.23. The summed E-state index contributed by atoms with van der Waals surface area (Å²) in [6, 6.07) is 3.78. The second-order valence-electron chi connectivity index (χ2n) is 7.79. The molecule has 2 aromatic rings. The van der Waals surface area contributed by atoms with Gasteiger partial charge in [0.15, 0.2) is 0 Å². The van der Waals surface area contributed by atoms with Gasteiger partial charge in [-0.2, -0.15) is 0 Å². The van der Waals surface area contributed by atoms with Gasteiger partial charge in [-0.15, -0.1) is 0 Å². The number of amides is 1. The maximum absolute atomic E-state index is 13.5. The molecule has 4 rings (SSSR count). The number of rotatable bonds is 6. The van der Waals surface area contributed by atoms with E-state index in [1.54, 1.807) is 23.8 Å². The fourth-order valence-electron chi connectivity index (χ4n) is 3.95. The summed E-state index contributed by atoms with van der Waals surface area (Å²) in [6.07, 6.45) is 3.38. The van der Waals surface area contributed by atoms with Gasteiger partial charge in [-0.3, -0.25) is 18.9 Å². The molecule has 10 heteroatoms. The molecule has 8 nitrogen and oxygen atoms in total. The van der Waals surface area contributed by atoms with E-state index in [9.17, 15) is 9.59 Å². The first kappa shape index (κ1) is 22.9. The van der Waals surface area contributed by atoms with Crippen LogP contribution in [0.15, 0.2) is 28.0 Å². The van der Waals surface area contributed by atoms with Crippen molar-refractivity contribution in [1.82, 2.24) is 19.2 Å². The second kappa shape index (κ2) is 9.70. The predicted octanol–water partition coefficient (Wildman–Crippen LogP) is 1.99. The number of methoxy groups -OCH3 is 1. The van der Waals surface area contributed by atoms with Crippen LogP contribution in [0.25, 0.3) is 11.7 Å². The van der Waals surface area contributed by atoms with Crippen molar-refractivity contribution in [2.24, 2.45) is 0 Å². The average Bonchev–Trinajstić information content (AvgIpc) is 3.07. The monoisotopic (exact) mass is 473 g/mol. The summed E-state index contributed by atoms with van der Waals surface area (Å²) >= 11 is 6.61. The molecular weight excluding hydrogens is 446 g/mol. The van der Waals surface area contributed by atoms with Crippen LogP contribution in [-0.2, 0) is 9.53 Å². The van der Waals surface area contributed by atoms with Crippen molar-refractivity contribution in [3.63, 3.8) is 0 Å². The number of carbonyl (C=O) groups is 1. The molecule has 0 saturated carbocycles. The molecule has 4 heterocycles. The Morgan fingerprint density at radius 3 is 2.69 bits per heavy atom. The lowest BCUT2D eigenvalue weighted by atomic mass is 10.2. The molecule has 2 aliphatic heterocycles. The number of ether oxygens (including phenoxy) is 1. The number of aryl methyl sites for hydroxylation is 1. The summed E-state index contributed by atoms with van der Waals surface area (Å²) in [4.78, 5) is 37.9. The van der Waals surface area contributed by atoms with Crippen molar-refractivity contribution in [2.75, 3.05) is 57.9 Å². The second-order valence-corrected chi connectivity index (χ2v) is 9.46. The van der Waals surface area contributed by atoms with Crippen LogP contribution >= 0.6 is 24.0 Å². The third kappa shape index (κ3) is 4.32. The number of likely N-dealkylation sites (N-methyl/N-ethyl adjacent to an activating group) is 1. The van der Waals surface area contributed by atoms with Gasteiger partial charge in [0.25, 0.3) is 11.5 Å². The van der Waals surface area contributed by atoms with Crippen LogP contribution in [0.5, 0.6) is 0 Å². The number of hydrogen-bond acceptors (Lipinski definition) is 8. The van der Waals surface area contributed by atoms with E-state index in [1.807, 2.05) is 19.1 Å². The Kier molecular flexibility index (Phi) is 6.94. The minimum atomic E-state index is -0.201. The smallest absolute Gasteiger partial charge is 0.267 e. The highest BCUT2D eigenvalue weighted by Gasteiger charge is 2.33. The first-order valence-corrected chi connectivity index (χ1v) is 11.9. The van der Waals surface area contributed by atoms with E-state index in [2.05, 4.69) is 16.7 Å². The van der Waals surface area contributed by atoms with Gasteiger partial charge in [-0.25, -0.2) is 4.98 Å². The molecule has 0 aromatic carbocycles. The summed E-state index contributed by atoms with van der Waals surface area (Å²) in [5.74, 6) is 0.426. The Morgan fingerprint density at radius 1 is 1.25 bits per heavy atom. The van der Waals surface area contributed by atoms with E-state index in [4.69, 9.17) is 21.9 Å². The van der Waals surface area contributed by atoms with Crippen LogP contribution in [0.2, 0.25) is 0 Å². The van der Waals surface area contributed by atoms with E-state index in [-0.39, 0.29) is 11.5 Å². The highest BCUT2D eigenvalue weighted by atomic mass is 32.2. The molecule has 2 saturated heterocycles. The van der Waals surface area contributed by atoms with E-state index < -0.39 is 0 Å². The van der Waals surface area contributed by atoms with Crippen LogP contribution in [-0.4, -0.2) is 82.4 Å². The first-order chi connectivity index (χ1) is 15.4.